The summed E-state index contributed by atoms with van der Waals surface area (Å²) >= 11 is 7.13. The van der Waals surface area contributed by atoms with Gasteiger partial charge in [-0.25, -0.2) is 4.90 Å². The lowest BCUT2D eigenvalue weighted by molar-refractivity contribution is -0.140. The van der Waals surface area contributed by atoms with Crippen LogP contribution in [0.4, 0.5) is 5.69 Å². The third-order valence-electron chi connectivity index (χ3n) is 10.6. The van der Waals surface area contributed by atoms with Gasteiger partial charge in [0.15, 0.2) is 11.5 Å². The molecule has 0 aromatic heterocycles. The molecule has 9 nitrogen and oxygen atoms in total. The predicted molar refractivity (Wildman–Crippen MR) is 180 cm³/mol. The van der Waals surface area contributed by atoms with Crippen LogP contribution >= 0.6 is 31.9 Å². The maximum Gasteiger partial charge on any atom is 0.241 e. The number of ether oxygens (including phenoxy) is 1. The number of imide groups is 2. The quantitative estimate of drug-likeness (QED) is 0.230. The van der Waals surface area contributed by atoms with Crippen LogP contribution in [0.25, 0.3) is 0 Å². The molecule has 0 bridgehead atoms. The number of phenolic OH excluding ortho intramolecular Hbond substituents is 2. The summed E-state index contributed by atoms with van der Waals surface area (Å²) in [4.78, 5) is 59.5. The fourth-order valence-electron chi connectivity index (χ4n) is 8.35. The van der Waals surface area contributed by atoms with E-state index in [1.807, 2.05) is 19.1 Å². The number of methoxy groups -OCH3 is 1. The number of para-hydroxylation sites is 1. The minimum absolute atomic E-state index is 0.115. The number of hydrogen-bond donors (Lipinski definition) is 2. The SMILES string of the molecule is COc1cc(C2C3=CCC4C(=O)N(CCc5ccc(O)cc5)C(=O)C4C3CC3C(=O)N(c4ccccc4)C(=O)C32C)c(Br)c(Br)c1O. The van der Waals surface area contributed by atoms with Crippen LogP contribution in [0.5, 0.6) is 17.2 Å². The Hall–Kier alpha value is -3.96. The lowest BCUT2D eigenvalue weighted by Gasteiger charge is -2.49. The van der Waals surface area contributed by atoms with Gasteiger partial charge in [-0.2, -0.15) is 0 Å². The Morgan fingerprint density at radius 3 is 2.30 bits per heavy atom. The minimum atomic E-state index is -1.24. The fourth-order valence-corrected chi connectivity index (χ4v) is 9.30. The highest BCUT2D eigenvalue weighted by molar-refractivity contribution is 9.13. The number of likely N-dealkylation sites (tertiary alicyclic amines) is 1. The van der Waals surface area contributed by atoms with E-state index in [9.17, 15) is 29.4 Å². The molecule has 4 aliphatic rings. The topological polar surface area (TPSA) is 124 Å². The predicted octanol–water partition coefficient (Wildman–Crippen LogP) is 6.10. The third-order valence-corrected chi connectivity index (χ3v) is 12.8. The summed E-state index contributed by atoms with van der Waals surface area (Å²) in [7, 11) is 1.44. The van der Waals surface area contributed by atoms with Gasteiger partial charge in [-0.1, -0.05) is 42.0 Å². The number of carbonyl (C=O) groups is 4. The molecule has 3 aromatic rings. The highest BCUT2D eigenvalue weighted by atomic mass is 79.9. The first-order chi connectivity index (χ1) is 22.5. The molecule has 3 fully saturated rings. The number of fused-ring (bicyclic) bond motifs is 4. The number of allylic oxidation sites excluding steroid dienone is 2. The van der Waals surface area contributed by atoms with Crippen LogP contribution in [0.15, 0.2) is 81.3 Å². The zero-order valence-electron chi connectivity index (χ0n) is 25.7. The van der Waals surface area contributed by atoms with Crippen molar-refractivity contribution in [2.24, 2.45) is 29.1 Å². The molecule has 0 spiro atoms. The summed E-state index contributed by atoms with van der Waals surface area (Å²) in [6.45, 7) is 2.02. The van der Waals surface area contributed by atoms with Crippen LogP contribution in [-0.2, 0) is 25.6 Å². The van der Waals surface area contributed by atoms with Crippen molar-refractivity contribution in [3.63, 3.8) is 0 Å². The van der Waals surface area contributed by atoms with E-state index >= 15 is 0 Å². The lowest BCUT2D eigenvalue weighted by atomic mass is 9.51. The van der Waals surface area contributed by atoms with Gasteiger partial charge >= 0.3 is 0 Å². The maximum atomic E-state index is 14.6. The average Bonchev–Trinajstić information content (AvgIpc) is 3.43. The number of amides is 4. The molecule has 4 amide bonds. The zero-order valence-corrected chi connectivity index (χ0v) is 28.8. The number of aromatic hydroxyl groups is 2. The van der Waals surface area contributed by atoms with Gasteiger partial charge in [0.2, 0.25) is 23.6 Å². The molecule has 242 valence electrons. The number of rotatable bonds is 6. The number of nitrogens with zero attached hydrogens (tertiary/aromatic N) is 2. The number of carbonyl (C=O) groups excluding carboxylic acids is 4. The van der Waals surface area contributed by atoms with E-state index in [4.69, 9.17) is 4.74 Å². The van der Waals surface area contributed by atoms with Gasteiger partial charge in [0.05, 0.1) is 40.4 Å². The van der Waals surface area contributed by atoms with Crippen LogP contribution < -0.4 is 9.64 Å². The third kappa shape index (κ3) is 4.68. The summed E-state index contributed by atoms with van der Waals surface area (Å²) in [5.41, 5.74) is 1.59. The molecular weight excluding hydrogens is 732 g/mol. The Bertz CT molecular complexity index is 1860. The van der Waals surface area contributed by atoms with Crippen LogP contribution in [0.2, 0.25) is 0 Å². The Labute approximate surface area is 288 Å². The van der Waals surface area contributed by atoms with Crippen molar-refractivity contribution < 1.29 is 34.1 Å². The van der Waals surface area contributed by atoms with E-state index < -0.39 is 35.0 Å². The van der Waals surface area contributed by atoms with Gasteiger partial charge in [0.1, 0.15) is 5.75 Å². The van der Waals surface area contributed by atoms with Crippen molar-refractivity contribution >= 4 is 61.2 Å². The molecule has 2 aliphatic carbocycles. The standard InChI is InChI=1S/C36H32Br2N2O7/c1-36-25(33(44)40(35(36)46)19-6-4-3-5-7-19)16-23-21(28(36)24-17-26(47-2)31(42)30(38)29(24)37)12-13-22-27(23)34(45)39(32(22)43)15-14-18-8-10-20(41)11-9-18/h3-12,17,22-23,25,27-28,41-42H,13-16H2,1-2H3. The van der Waals surface area contributed by atoms with Crippen molar-refractivity contribution in [1.82, 2.24) is 4.90 Å². The highest BCUT2D eigenvalue weighted by Crippen LogP contribution is 2.65. The van der Waals surface area contributed by atoms with Gasteiger partial charge in [-0.15, -0.1) is 0 Å². The van der Waals surface area contributed by atoms with Crippen LogP contribution in [0.1, 0.15) is 36.8 Å². The molecule has 11 heteroatoms. The molecule has 3 aromatic carbocycles. The van der Waals surface area contributed by atoms with Crippen molar-refractivity contribution in [3.8, 4) is 17.2 Å². The summed E-state index contributed by atoms with van der Waals surface area (Å²) in [6, 6.07) is 17.2. The van der Waals surface area contributed by atoms with Gasteiger partial charge in [0, 0.05) is 16.9 Å². The zero-order chi connectivity index (χ0) is 33.4. The first kappa shape index (κ1) is 31.6. The smallest absolute Gasteiger partial charge is 0.241 e. The first-order valence-corrected chi connectivity index (χ1v) is 17.1. The van der Waals surface area contributed by atoms with Crippen LogP contribution in [0.3, 0.4) is 0 Å². The second kappa shape index (κ2) is 11.6. The molecule has 7 rings (SSSR count). The van der Waals surface area contributed by atoms with Gasteiger partial charge in [-0.3, -0.25) is 24.1 Å². The Morgan fingerprint density at radius 2 is 1.62 bits per heavy atom. The molecule has 47 heavy (non-hydrogen) atoms. The number of hydrogen-bond acceptors (Lipinski definition) is 7. The Kier molecular flexibility index (Phi) is 7.82. The van der Waals surface area contributed by atoms with Crippen molar-refractivity contribution in [2.45, 2.75) is 32.1 Å². The summed E-state index contributed by atoms with van der Waals surface area (Å²) in [5.74, 6) is -4.12. The molecular formula is C36H32Br2N2O7. The lowest BCUT2D eigenvalue weighted by Crippen LogP contribution is -2.49. The van der Waals surface area contributed by atoms with Gasteiger partial charge < -0.3 is 14.9 Å². The molecule has 2 aliphatic heterocycles. The monoisotopic (exact) mass is 762 g/mol. The highest BCUT2D eigenvalue weighted by Gasteiger charge is 2.67. The van der Waals surface area contributed by atoms with Crippen molar-refractivity contribution in [3.05, 3.63) is 92.4 Å². The summed E-state index contributed by atoms with van der Waals surface area (Å²) < 4.78 is 6.36. The van der Waals surface area contributed by atoms with Crippen molar-refractivity contribution in [1.29, 1.82) is 0 Å². The Balaban J connectivity index is 1.33. The molecule has 2 heterocycles. The van der Waals surface area contributed by atoms with E-state index in [1.165, 1.54) is 16.9 Å². The van der Waals surface area contributed by atoms with Crippen LogP contribution in [0, 0.1) is 29.1 Å². The second-order valence-electron chi connectivity index (χ2n) is 12.9. The second-order valence-corrected chi connectivity index (χ2v) is 14.5. The van der Waals surface area contributed by atoms with E-state index in [0.29, 0.717) is 33.0 Å². The molecule has 2 N–H and O–H groups in total. The van der Waals surface area contributed by atoms with Crippen molar-refractivity contribution in [2.75, 3.05) is 18.6 Å². The first-order valence-electron chi connectivity index (χ1n) is 15.5. The minimum Gasteiger partial charge on any atom is -0.508 e. The fraction of sp³-hybridized carbons (Fsp3) is 0.333. The van der Waals surface area contributed by atoms with E-state index in [1.54, 1.807) is 54.6 Å². The molecule has 0 radical (unpaired) electrons. The average molecular weight is 764 g/mol. The normalized spacial score (nSPS) is 28.3. The number of phenols is 2. The summed E-state index contributed by atoms with van der Waals surface area (Å²) in [5, 5.41) is 20.4. The van der Waals surface area contributed by atoms with E-state index in [0.717, 1.165) is 11.1 Å². The molecule has 6 unspecified atom stereocenters. The Morgan fingerprint density at radius 1 is 0.915 bits per heavy atom. The largest absolute Gasteiger partial charge is 0.508 e. The van der Waals surface area contributed by atoms with Crippen LogP contribution in [-0.4, -0.2) is 52.4 Å². The van der Waals surface area contributed by atoms with E-state index in [-0.39, 0.29) is 53.8 Å². The molecule has 2 saturated heterocycles. The molecule has 6 atom stereocenters. The molecule has 1 saturated carbocycles. The van der Waals surface area contributed by atoms with E-state index in [2.05, 4.69) is 31.9 Å². The van der Waals surface area contributed by atoms with Gasteiger partial charge in [-0.05, 0) is 105 Å². The number of benzene rings is 3. The summed E-state index contributed by atoms with van der Waals surface area (Å²) in [6.07, 6.45) is 3.01. The number of anilines is 1. The van der Waals surface area contributed by atoms with Gasteiger partial charge in [0.25, 0.3) is 0 Å². The number of halogens is 2. The maximum absolute atomic E-state index is 14.6.